The first-order chi connectivity index (χ1) is 4.49. The average molecular weight is 150 g/mol. The van der Waals surface area contributed by atoms with Gasteiger partial charge in [0.05, 0.1) is 6.10 Å². The van der Waals surface area contributed by atoms with Crippen molar-refractivity contribution in [2.45, 2.75) is 38.2 Å². The Kier molecular flexibility index (Phi) is 1.95. The van der Waals surface area contributed by atoms with Gasteiger partial charge in [-0.05, 0) is 12.3 Å². The fourth-order valence-corrected chi connectivity index (χ4v) is 1.57. The fraction of sp³-hybridized carbons (Fsp3) is 1.00. The van der Waals surface area contributed by atoms with E-state index in [4.69, 9.17) is 5.11 Å². The van der Waals surface area contributed by atoms with Crippen LogP contribution in [0.1, 0.15) is 26.2 Å². The van der Waals surface area contributed by atoms with E-state index in [0.29, 0.717) is 6.42 Å². The zero-order valence-corrected chi connectivity index (χ0v) is 5.98. The summed E-state index contributed by atoms with van der Waals surface area (Å²) >= 11 is 0. The second-order valence-electron chi connectivity index (χ2n) is 3.26. The molecule has 2 unspecified atom stereocenters. The summed E-state index contributed by atoms with van der Waals surface area (Å²) in [5, 5.41) is 8.94. The molecule has 0 saturated heterocycles. The summed E-state index contributed by atoms with van der Waals surface area (Å²) in [5.41, 5.74) is 0. The molecule has 0 aliphatic heterocycles. The molecule has 1 rings (SSSR count). The van der Waals surface area contributed by atoms with Crippen LogP contribution in [-0.2, 0) is 0 Å². The summed E-state index contributed by atoms with van der Waals surface area (Å²) in [6.07, 6.45) is -0.685. The maximum atomic E-state index is 12.5. The van der Waals surface area contributed by atoms with Crippen LogP contribution in [0.25, 0.3) is 0 Å². The Bertz CT molecular complexity index is 113. The Morgan fingerprint density at radius 2 is 2.00 bits per heavy atom. The summed E-state index contributed by atoms with van der Waals surface area (Å²) in [4.78, 5) is 0. The summed E-state index contributed by atoms with van der Waals surface area (Å²) in [7, 11) is 0. The van der Waals surface area contributed by atoms with Gasteiger partial charge in [-0.25, -0.2) is 8.78 Å². The third-order valence-corrected chi connectivity index (χ3v) is 1.86. The maximum absolute atomic E-state index is 12.5. The van der Waals surface area contributed by atoms with E-state index in [1.54, 1.807) is 6.92 Å². The van der Waals surface area contributed by atoms with Crippen molar-refractivity contribution in [1.29, 1.82) is 0 Å². The fourth-order valence-electron chi connectivity index (χ4n) is 1.57. The molecule has 2 atom stereocenters. The molecule has 0 aromatic rings. The molecule has 1 fully saturated rings. The quantitative estimate of drug-likeness (QED) is 0.558. The van der Waals surface area contributed by atoms with Gasteiger partial charge in [-0.1, -0.05) is 6.92 Å². The third kappa shape index (κ3) is 1.90. The molecular formula is C7H12F2O. The number of aliphatic hydroxyl groups is 1. The molecule has 60 valence electrons. The van der Waals surface area contributed by atoms with Crippen molar-refractivity contribution in [3.63, 3.8) is 0 Å². The van der Waals surface area contributed by atoms with Crippen LogP contribution in [0.4, 0.5) is 8.78 Å². The summed E-state index contributed by atoms with van der Waals surface area (Å²) in [6, 6.07) is 0. The van der Waals surface area contributed by atoms with Crippen LogP contribution in [0.3, 0.4) is 0 Å². The van der Waals surface area contributed by atoms with E-state index in [2.05, 4.69) is 0 Å². The lowest BCUT2D eigenvalue weighted by atomic mass is 9.86. The van der Waals surface area contributed by atoms with Crippen LogP contribution in [-0.4, -0.2) is 17.1 Å². The normalized spacial score (nSPS) is 39.6. The lowest BCUT2D eigenvalue weighted by Gasteiger charge is -2.29. The SMILES string of the molecule is CC1CC(O)CC(F)(F)C1. The van der Waals surface area contributed by atoms with Gasteiger partial charge in [-0.3, -0.25) is 0 Å². The van der Waals surface area contributed by atoms with Gasteiger partial charge >= 0.3 is 0 Å². The highest BCUT2D eigenvalue weighted by Gasteiger charge is 2.38. The first kappa shape index (κ1) is 7.92. The topological polar surface area (TPSA) is 20.2 Å². The first-order valence-electron chi connectivity index (χ1n) is 3.55. The highest BCUT2D eigenvalue weighted by atomic mass is 19.3. The standard InChI is InChI=1S/C7H12F2O/c1-5-2-6(10)4-7(8,9)3-5/h5-6,10H,2-4H2,1H3. The number of aliphatic hydroxyl groups excluding tert-OH is 1. The van der Waals surface area contributed by atoms with Gasteiger partial charge in [-0.15, -0.1) is 0 Å². The lowest BCUT2D eigenvalue weighted by Crippen LogP contribution is -2.33. The highest BCUT2D eigenvalue weighted by Crippen LogP contribution is 2.36. The van der Waals surface area contributed by atoms with Crippen molar-refractivity contribution in [2.75, 3.05) is 0 Å². The molecule has 0 heterocycles. The molecule has 10 heavy (non-hydrogen) atoms. The number of hydrogen-bond donors (Lipinski definition) is 1. The largest absolute Gasteiger partial charge is 0.393 e. The van der Waals surface area contributed by atoms with Crippen LogP contribution in [0.2, 0.25) is 0 Å². The molecule has 0 bridgehead atoms. The second kappa shape index (κ2) is 2.46. The highest BCUT2D eigenvalue weighted by molar-refractivity contribution is 4.81. The number of rotatable bonds is 0. The van der Waals surface area contributed by atoms with Gasteiger partial charge in [0.2, 0.25) is 0 Å². The van der Waals surface area contributed by atoms with E-state index in [1.807, 2.05) is 0 Å². The Hall–Kier alpha value is -0.180. The average Bonchev–Trinajstić information content (AvgIpc) is 1.54. The lowest BCUT2D eigenvalue weighted by molar-refractivity contribution is -0.0922. The van der Waals surface area contributed by atoms with Gasteiger partial charge in [0.1, 0.15) is 0 Å². The summed E-state index contributed by atoms with van der Waals surface area (Å²) in [5.74, 6) is -2.67. The molecule has 0 radical (unpaired) electrons. The number of hydrogen-bond acceptors (Lipinski definition) is 1. The molecule has 1 nitrogen and oxygen atoms in total. The van der Waals surface area contributed by atoms with Crippen LogP contribution < -0.4 is 0 Å². The molecule has 1 aliphatic rings. The van der Waals surface area contributed by atoms with Gasteiger partial charge < -0.3 is 5.11 Å². The van der Waals surface area contributed by atoms with Crippen LogP contribution in [0.5, 0.6) is 0 Å². The van der Waals surface area contributed by atoms with E-state index in [9.17, 15) is 8.78 Å². The molecule has 0 spiro atoms. The van der Waals surface area contributed by atoms with Crippen LogP contribution in [0.15, 0.2) is 0 Å². The van der Waals surface area contributed by atoms with E-state index in [0.717, 1.165) is 0 Å². The minimum atomic E-state index is -2.63. The van der Waals surface area contributed by atoms with Crippen molar-refractivity contribution in [3.05, 3.63) is 0 Å². The molecule has 0 amide bonds. The molecule has 0 aromatic carbocycles. The van der Waals surface area contributed by atoms with E-state index in [-0.39, 0.29) is 18.8 Å². The van der Waals surface area contributed by atoms with Crippen molar-refractivity contribution in [2.24, 2.45) is 5.92 Å². The van der Waals surface area contributed by atoms with Crippen LogP contribution in [0, 0.1) is 5.92 Å². The zero-order valence-electron chi connectivity index (χ0n) is 5.98. The molecule has 0 aromatic heterocycles. The Labute approximate surface area is 59.0 Å². The van der Waals surface area contributed by atoms with Gasteiger partial charge in [0.25, 0.3) is 5.92 Å². The van der Waals surface area contributed by atoms with Gasteiger partial charge in [0, 0.05) is 12.8 Å². The maximum Gasteiger partial charge on any atom is 0.250 e. The minimum absolute atomic E-state index is 0.0428. The van der Waals surface area contributed by atoms with Crippen molar-refractivity contribution >= 4 is 0 Å². The smallest absolute Gasteiger partial charge is 0.250 e. The van der Waals surface area contributed by atoms with Crippen molar-refractivity contribution in [1.82, 2.24) is 0 Å². The monoisotopic (exact) mass is 150 g/mol. The Morgan fingerprint density at radius 1 is 1.40 bits per heavy atom. The van der Waals surface area contributed by atoms with Gasteiger partial charge in [0.15, 0.2) is 0 Å². The van der Waals surface area contributed by atoms with E-state index in [1.165, 1.54) is 0 Å². The Balaban J connectivity index is 2.51. The molecule has 1 N–H and O–H groups in total. The minimum Gasteiger partial charge on any atom is -0.393 e. The zero-order chi connectivity index (χ0) is 7.78. The van der Waals surface area contributed by atoms with Crippen molar-refractivity contribution in [3.8, 4) is 0 Å². The number of halogens is 2. The molecule has 3 heteroatoms. The summed E-state index contributed by atoms with van der Waals surface area (Å²) in [6.45, 7) is 1.75. The predicted molar refractivity (Wildman–Crippen MR) is 34.0 cm³/mol. The first-order valence-corrected chi connectivity index (χ1v) is 3.55. The molecular weight excluding hydrogens is 138 g/mol. The summed E-state index contributed by atoms with van der Waals surface area (Å²) < 4.78 is 25.1. The second-order valence-corrected chi connectivity index (χ2v) is 3.26. The van der Waals surface area contributed by atoms with Crippen molar-refractivity contribution < 1.29 is 13.9 Å². The third-order valence-electron chi connectivity index (χ3n) is 1.86. The molecule has 1 aliphatic carbocycles. The Morgan fingerprint density at radius 3 is 2.40 bits per heavy atom. The number of alkyl halides is 2. The van der Waals surface area contributed by atoms with E-state index >= 15 is 0 Å². The van der Waals surface area contributed by atoms with Gasteiger partial charge in [-0.2, -0.15) is 0 Å². The molecule has 1 saturated carbocycles. The van der Waals surface area contributed by atoms with Crippen LogP contribution >= 0.6 is 0 Å². The van der Waals surface area contributed by atoms with E-state index < -0.39 is 12.0 Å². The predicted octanol–water partition coefficient (Wildman–Crippen LogP) is 1.80.